The van der Waals surface area contributed by atoms with Crippen molar-refractivity contribution in [1.29, 1.82) is 0 Å². The Balaban J connectivity index is 1.87. The Labute approximate surface area is 355 Å². The lowest BCUT2D eigenvalue weighted by Crippen LogP contribution is -2.00. The molecule has 0 aliphatic rings. The second kappa shape index (κ2) is 45.2. The molecular weight excluding hydrogens is 675 g/mol. The van der Waals surface area contributed by atoms with Crippen LogP contribution in [-0.4, -0.2) is 4.98 Å². The van der Waals surface area contributed by atoms with Gasteiger partial charge in [0.15, 0.2) is 0 Å². The summed E-state index contributed by atoms with van der Waals surface area (Å²) >= 11 is 0. The summed E-state index contributed by atoms with van der Waals surface area (Å²) in [6.07, 6.45) is 66.9. The molecule has 1 heteroatoms. The first-order valence-corrected chi connectivity index (χ1v) is 26.6. The maximum atomic E-state index is 5.10. The van der Waals surface area contributed by atoms with Crippen LogP contribution in [0, 0.1) is 6.92 Å². The van der Waals surface area contributed by atoms with E-state index in [1.165, 1.54) is 299 Å². The summed E-state index contributed by atoms with van der Waals surface area (Å²) < 4.78 is 0. The topological polar surface area (TPSA) is 12.9 Å². The Morgan fingerprint density at radius 3 is 0.643 bits per heavy atom. The van der Waals surface area contributed by atoms with Crippen molar-refractivity contribution in [3.8, 4) is 0 Å². The van der Waals surface area contributed by atoms with E-state index in [1.807, 2.05) is 0 Å². The minimum absolute atomic E-state index is 0.890. The molecule has 0 saturated carbocycles. The van der Waals surface area contributed by atoms with Crippen LogP contribution >= 0.6 is 0 Å². The Bertz CT molecular complexity index is 808. The highest BCUT2D eigenvalue weighted by Gasteiger charge is 2.04. The third-order valence-corrected chi connectivity index (χ3v) is 12.9. The first-order chi connectivity index (χ1) is 27.8. The van der Waals surface area contributed by atoms with Gasteiger partial charge in [-0.15, -0.1) is 0 Å². The van der Waals surface area contributed by atoms with Crippen LogP contribution in [0.5, 0.6) is 0 Å². The minimum Gasteiger partial charge on any atom is -0.258 e. The van der Waals surface area contributed by atoms with E-state index in [1.54, 1.807) is 0 Å². The zero-order chi connectivity index (χ0) is 40.1. The molecule has 0 fully saturated rings. The molecule has 56 heavy (non-hydrogen) atoms. The van der Waals surface area contributed by atoms with Crippen LogP contribution in [0.2, 0.25) is 0 Å². The second-order valence-corrected chi connectivity index (χ2v) is 18.6. The van der Waals surface area contributed by atoms with Gasteiger partial charge in [-0.3, -0.25) is 4.98 Å². The Morgan fingerprint density at radius 1 is 0.286 bits per heavy atom. The van der Waals surface area contributed by atoms with Gasteiger partial charge in [-0.25, -0.2) is 0 Å². The summed E-state index contributed by atoms with van der Waals surface area (Å²) in [4.78, 5) is 5.10. The van der Waals surface area contributed by atoms with E-state index in [2.05, 4.69) is 32.9 Å². The fourth-order valence-electron chi connectivity index (χ4n) is 8.95. The lowest BCUT2D eigenvalue weighted by Gasteiger charge is -2.09. The van der Waals surface area contributed by atoms with E-state index < -0.39 is 0 Å². The quantitative estimate of drug-likeness (QED) is 0.0601. The number of hydrogen-bond donors (Lipinski definition) is 0. The maximum Gasteiger partial charge on any atom is 0.0409 e. The number of aryl methyl sites for hydroxylation is 2. The first kappa shape index (κ1) is 53.2. The molecule has 0 aliphatic carbocycles. The molecule has 0 saturated heterocycles. The van der Waals surface area contributed by atoms with Crippen LogP contribution < -0.4 is 0 Å². The summed E-state index contributed by atoms with van der Waals surface area (Å²) in [5.41, 5.74) is 4.05. The van der Waals surface area contributed by atoms with Crippen LogP contribution in [0.15, 0.2) is 12.1 Å². The minimum atomic E-state index is 0.890. The highest BCUT2D eigenvalue weighted by molar-refractivity contribution is 5.22. The number of hydrogen-bond acceptors (Lipinski definition) is 1. The van der Waals surface area contributed by atoms with Gasteiger partial charge in [-0.1, -0.05) is 284 Å². The van der Waals surface area contributed by atoms with Gasteiger partial charge < -0.3 is 0 Å². The van der Waals surface area contributed by atoms with Gasteiger partial charge in [0.25, 0.3) is 0 Å². The molecular formula is C55H104N. The van der Waals surface area contributed by atoms with Crippen molar-refractivity contribution in [2.45, 2.75) is 316 Å². The van der Waals surface area contributed by atoms with E-state index in [9.17, 15) is 0 Å². The Morgan fingerprint density at radius 2 is 0.464 bits per heavy atom. The summed E-state index contributed by atoms with van der Waals surface area (Å²) in [6, 6.07) is 4.68. The van der Waals surface area contributed by atoms with E-state index in [4.69, 9.17) is 4.98 Å². The molecule has 0 amide bonds. The van der Waals surface area contributed by atoms with E-state index in [-0.39, 0.29) is 0 Å². The molecule has 0 aliphatic heterocycles. The normalized spacial score (nSPS) is 11.6. The molecule has 0 unspecified atom stereocenters. The third-order valence-electron chi connectivity index (χ3n) is 12.9. The fraction of sp³-hybridized carbons (Fsp3) is 0.891. The predicted octanol–water partition coefficient (Wildman–Crippen LogP) is 19.7. The molecule has 0 bridgehead atoms. The molecule has 1 nitrogen and oxygen atoms in total. The van der Waals surface area contributed by atoms with Gasteiger partial charge >= 0.3 is 0 Å². The predicted molar refractivity (Wildman–Crippen MR) is 255 cm³/mol. The Kier molecular flexibility index (Phi) is 43.0. The Hall–Kier alpha value is -0.850. The number of nitrogens with zero attached hydrogens (tertiary/aromatic N) is 1. The van der Waals surface area contributed by atoms with E-state index >= 15 is 0 Å². The first-order valence-electron chi connectivity index (χ1n) is 26.6. The van der Waals surface area contributed by atoms with Gasteiger partial charge in [-0.2, -0.15) is 0 Å². The molecule has 0 N–H and O–H groups in total. The zero-order valence-electron chi connectivity index (χ0n) is 39.0. The molecule has 1 heterocycles. The maximum absolute atomic E-state index is 5.10. The van der Waals surface area contributed by atoms with Gasteiger partial charge in [0, 0.05) is 11.4 Å². The molecule has 0 atom stereocenters. The van der Waals surface area contributed by atoms with Crippen molar-refractivity contribution in [2.24, 2.45) is 0 Å². The van der Waals surface area contributed by atoms with Crippen molar-refractivity contribution >= 4 is 0 Å². The highest BCUT2D eigenvalue weighted by atomic mass is 14.7. The lowest BCUT2D eigenvalue weighted by atomic mass is 10.0. The second-order valence-electron chi connectivity index (χ2n) is 18.6. The van der Waals surface area contributed by atoms with Crippen molar-refractivity contribution < 1.29 is 0 Å². The standard InChI is InChI=1S/C55H104N/c1-4-7-9-11-13-15-17-19-21-23-25-27-29-31-33-35-37-39-41-43-45-47-49-54-51-53(6-3)52-55(56-54)50-48-46-44-42-40-38-36-34-32-30-28-26-24-22-20-18-16-14-12-10-8-5-2/h51-52H,3-50H2,1-2H3. The molecule has 1 radical (unpaired) electrons. The number of aromatic nitrogens is 1. The smallest absolute Gasteiger partial charge is 0.0409 e. The van der Waals surface area contributed by atoms with Crippen LogP contribution in [0.4, 0.5) is 0 Å². The van der Waals surface area contributed by atoms with Crippen LogP contribution in [0.1, 0.15) is 313 Å². The van der Waals surface area contributed by atoms with Crippen LogP contribution in [-0.2, 0) is 19.3 Å². The van der Waals surface area contributed by atoms with Gasteiger partial charge in [-0.05, 0) is 56.7 Å². The van der Waals surface area contributed by atoms with Gasteiger partial charge in [0.1, 0.15) is 0 Å². The van der Waals surface area contributed by atoms with Crippen LogP contribution in [0.25, 0.3) is 0 Å². The van der Waals surface area contributed by atoms with Crippen molar-refractivity contribution in [1.82, 2.24) is 4.98 Å². The van der Waals surface area contributed by atoms with Crippen molar-refractivity contribution in [3.63, 3.8) is 0 Å². The largest absolute Gasteiger partial charge is 0.258 e. The van der Waals surface area contributed by atoms with Crippen LogP contribution in [0.3, 0.4) is 0 Å². The zero-order valence-corrected chi connectivity index (χ0v) is 39.0. The number of rotatable bonds is 47. The molecule has 1 aromatic rings. The molecule has 1 rings (SSSR count). The molecule has 0 aromatic carbocycles. The molecule has 1 aromatic heterocycles. The summed E-state index contributed by atoms with van der Waals surface area (Å²) in [6.45, 7) is 8.82. The molecule has 0 spiro atoms. The number of pyridine rings is 1. The summed E-state index contributed by atoms with van der Waals surface area (Å²) in [5, 5.41) is 0. The highest BCUT2D eigenvalue weighted by Crippen LogP contribution is 2.19. The average Bonchev–Trinajstić information content (AvgIpc) is 3.21. The summed E-state index contributed by atoms with van der Waals surface area (Å²) in [5.74, 6) is 0. The fourth-order valence-corrected chi connectivity index (χ4v) is 8.95. The average molecular weight is 779 g/mol. The SMILES string of the molecule is [CH2]Cc1cc(CCCCCCCCCCCCCCCCCCCCCCCC)nc(CCCCCCCCCCCCCCCCCCCCCCCC)c1. The number of unbranched alkanes of at least 4 members (excludes halogenated alkanes) is 42. The van der Waals surface area contributed by atoms with Crippen molar-refractivity contribution in [2.75, 3.05) is 0 Å². The van der Waals surface area contributed by atoms with E-state index in [0.29, 0.717) is 0 Å². The van der Waals surface area contributed by atoms with Gasteiger partial charge in [0.05, 0.1) is 0 Å². The third kappa shape index (κ3) is 38.7. The monoisotopic (exact) mass is 779 g/mol. The van der Waals surface area contributed by atoms with E-state index in [0.717, 1.165) is 19.3 Å². The summed E-state index contributed by atoms with van der Waals surface area (Å²) in [7, 11) is 0. The van der Waals surface area contributed by atoms with Crippen molar-refractivity contribution in [3.05, 3.63) is 36.0 Å². The van der Waals surface area contributed by atoms with Gasteiger partial charge in [0.2, 0.25) is 0 Å². The lowest BCUT2D eigenvalue weighted by molar-refractivity contribution is 0.518. The molecule has 329 valence electrons.